The van der Waals surface area contributed by atoms with Gasteiger partial charge in [0.2, 0.25) is 5.91 Å². The minimum absolute atomic E-state index is 0.272. The molecule has 0 radical (unpaired) electrons. The first-order valence-corrected chi connectivity index (χ1v) is 9.27. The van der Waals surface area contributed by atoms with Gasteiger partial charge in [-0.3, -0.25) is 14.6 Å². The highest BCUT2D eigenvalue weighted by atomic mass is 16.3. The van der Waals surface area contributed by atoms with Crippen LogP contribution in [0.25, 0.3) is 0 Å². The fourth-order valence-electron chi connectivity index (χ4n) is 3.74. The lowest BCUT2D eigenvalue weighted by molar-refractivity contribution is -0.131. The van der Waals surface area contributed by atoms with Crippen LogP contribution in [0.15, 0.2) is 11.8 Å². The summed E-state index contributed by atoms with van der Waals surface area (Å²) in [5.41, 5.74) is 1.29. The predicted molar refractivity (Wildman–Crippen MR) is 91.0 cm³/mol. The van der Waals surface area contributed by atoms with Crippen molar-refractivity contribution in [2.24, 2.45) is 0 Å². The molecule has 1 N–H and O–H groups in total. The van der Waals surface area contributed by atoms with Gasteiger partial charge in [-0.1, -0.05) is 6.08 Å². The molecule has 1 heterocycles. The van der Waals surface area contributed by atoms with Crippen molar-refractivity contribution < 1.29 is 9.90 Å². The average molecular weight is 321 g/mol. The summed E-state index contributed by atoms with van der Waals surface area (Å²) < 4.78 is 0. The van der Waals surface area contributed by atoms with Crippen molar-refractivity contribution in [1.82, 2.24) is 14.7 Å². The summed E-state index contributed by atoms with van der Waals surface area (Å²) in [4.78, 5) is 19.5. The van der Waals surface area contributed by atoms with E-state index in [-0.39, 0.29) is 6.10 Å². The summed E-state index contributed by atoms with van der Waals surface area (Å²) in [6.07, 6.45) is 9.05. The lowest BCUT2D eigenvalue weighted by Gasteiger charge is -2.36. The van der Waals surface area contributed by atoms with E-state index in [0.29, 0.717) is 18.5 Å². The number of piperazine rings is 1. The number of carbonyl (C=O) groups is 1. The Morgan fingerprint density at radius 3 is 2.52 bits per heavy atom. The fraction of sp³-hybridized carbons (Fsp3) is 0.833. The molecule has 1 saturated carbocycles. The molecule has 23 heavy (non-hydrogen) atoms. The van der Waals surface area contributed by atoms with Crippen LogP contribution >= 0.6 is 0 Å². The number of amides is 1. The van der Waals surface area contributed by atoms with Crippen LogP contribution in [0, 0.1) is 0 Å². The predicted octanol–water partition coefficient (Wildman–Crippen LogP) is 1.43. The van der Waals surface area contributed by atoms with Gasteiger partial charge in [0.25, 0.3) is 0 Å². The minimum Gasteiger partial charge on any atom is -0.392 e. The summed E-state index contributed by atoms with van der Waals surface area (Å²) in [6.45, 7) is 6.88. The lowest BCUT2D eigenvalue weighted by atomic mass is 10.0. The molecule has 130 valence electrons. The average Bonchev–Trinajstić information content (AvgIpc) is 3.35. The highest BCUT2D eigenvalue weighted by Gasteiger charge is 2.35. The second-order valence-corrected chi connectivity index (χ2v) is 7.36. The number of β-amino-alcohol motifs (C(OH)–C–C–N with tert-alkyl or cyclic N) is 1. The van der Waals surface area contributed by atoms with Crippen molar-refractivity contribution in [1.29, 1.82) is 0 Å². The number of hydrogen-bond donors (Lipinski definition) is 1. The molecule has 0 spiro atoms. The smallest absolute Gasteiger partial charge is 0.241 e. The van der Waals surface area contributed by atoms with Gasteiger partial charge in [-0.05, 0) is 45.4 Å². The lowest BCUT2D eigenvalue weighted by Crippen LogP contribution is -2.51. The molecule has 3 rings (SSSR count). The molecule has 5 nitrogen and oxygen atoms in total. The van der Waals surface area contributed by atoms with E-state index in [0.717, 1.165) is 45.6 Å². The monoisotopic (exact) mass is 321 g/mol. The minimum atomic E-state index is -0.272. The van der Waals surface area contributed by atoms with Crippen molar-refractivity contribution in [3.05, 3.63) is 11.8 Å². The van der Waals surface area contributed by atoms with Gasteiger partial charge in [0.1, 0.15) is 0 Å². The standard InChI is InChI=1S/C18H31N3O2/c1-15(22)13-19-9-11-20(12-10-19)14-18(23)21(17-7-8-17)16-5-3-2-4-6-16/h5,15,17,22H,2-4,6-14H2,1H3/t15-/m0/s1. The van der Waals surface area contributed by atoms with E-state index < -0.39 is 0 Å². The quantitative estimate of drug-likeness (QED) is 0.804. The molecule has 2 fully saturated rings. The zero-order valence-electron chi connectivity index (χ0n) is 14.4. The highest BCUT2D eigenvalue weighted by molar-refractivity contribution is 5.80. The Bertz CT molecular complexity index is 438. The largest absolute Gasteiger partial charge is 0.392 e. The molecule has 0 bridgehead atoms. The molecule has 5 heteroatoms. The Morgan fingerprint density at radius 2 is 1.96 bits per heavy atom. The molecule has 0 unspecified atom stereocenters. The van der Waals surface area contributed by atoms with E-state index in [1.54, 1.807) is 0 Å². The van der Waals surface area contributed by atoms with Crippen LogP contribution in [0.1, 0.15) is 45.4 Å². The molecule has 0 aromatic rings. The molecule has 0 aromatic heterocycles. The van der Waals surface area contributed by atoms with Gasteiger partial charge in [-0.25, -0.2) is 0 Å². The van der Waals surface area contributed by atoms with E-state index in [9.17, 15) is 9.90 Å². The molecule has 2 aliphatic carbocycles. The van der Waals surface area contributed by atoms with Gasteiger partial charge in [-0.15, -0.1) is 0 Å². The molecule has 1 atom stereocenters. The van der Waals surface area contributed by atoms with E-state index in [2.05, 4.69) is 20.8 Å². The van der Waals surface area contributed by atoms with E-state index in [1.807, 2.05) is 6.92 Å². The van der Waals surface area contributed by atoms with Gasteiger partial charge in [0.15, 0.2) is 0 Å². The van der Waals surface area contributed by atoms with Gasteiger partial charge in [0.05, 0.1) is 12.6 Å². The van der Waals surface area contributed by atoms with E-state index >= 15 is 0 Å². The second kappa shape index (κ2) is 7.77. The van der Waals surface area contributed by atoms with Crippen LogP contribution < -0.4 is 0 Å². The first-order valence-electron chi connectivity index (χ1n) is 9.27. The Balaban J connectivity index is 1.51. The summed E-state index contributed by atoms with van der Waals surface area (Å²) >= 11 is 0. The summed E-state index contributed by atoms with van der Waals surface area (Å²) in [7, 11) is 0. The number of aliphatic hydroxyl groups excluding tert-OH is 1. The van der Waals surface area contributed by atoms with Crippen LogP contribution in [-0.4, -0.2) is 77.1 Å². The molecule has 3 aliphatic rings. The Hall–Kier alpha value is -0.910. The number of aliphatic hydroxyl groups is 1. The number of hydrogen-bond acceptors (Lipinski definition) is 4. The van der Waals surface area contributed by atoms with Crippen molar-refractivity contribution in [3.8, 4) is 0 Å². The number of rotatable bonds is 6. The second-order valence-electron chi connectivity index (χ2n) is 7.36. The normalized spacial score (nSPS) is 25.0. The zero-order chi connectivity index (χ0) is 16.2. The third-order valence-electron chi connectivity index (χ3n) is 5.10. The highest BCUT2D eigenvalue weighted by Crippen LogP contribution is 2.33. The first kappa shape index (κ1) is 16.9. The molecule has 1 saturated heterocycles. The van der Waals surface area contributed by atoms with Gasteiger partial charge < -0.3 is 10.0 Å². The zero-order valence-corrected chi connectivity index (χ0v) is 14.4. The van der Waals surface area contributed by atoms with Crippen molar-refractivity contribution in [2.45, 2.75) is 57.6 Å². The topological polar surface area (TPSA) is 47.0 Å². The van der Waals surface area contributed by atoms with Crippen LogP contribution in [0.4, 0.5) is 0 Å². The van der Waals surface area contributed by atoms with Gasteiger partial charge in [-0.2, -0.15) is 0 Å². The Kier molecular flexibility index (Phi) is 5.72. The van der Waals surface area contributed by atoms with E-state index in [4.69, 9.17) is 0 Å². The van der Waals surface area contributed by atoms with Crippen molar-refractivity contribution in [2.75, 3.05) is 39.3 Å². The Morgan fingerprint density at radius 1 is 1.26 bits per heavy atom. The molecular weight excluding hydrogens is 290 g/mol. The molecule has 1 amide bonds. The Labute approximate surface area is 139 Å². The fourth-order valence-corrected chi connectivity index (χ4v) is 3.74. The summed E-state index contributed by atoms with van der Waals surface area (Å²) in [5.74, 6) is 0.296. The molecule has 1 aliphatic heterocycles. The number of allylic oxidation sites excluding steroid dienone is 2. The summed E-state index contributed by atoms with van der Waals surface area (Å²) in [5, 5.41) is 9.48. The molecule has 0 aromatic carbocycles. The van der Waals surface area contributed by atoms with Crippen LogP contribution in [0.5, 0.6) is 0 Å². The molecular formula is C18H31N3O2. The maximum absolute atomic E-state index is 12.8. The SMILES string of the molecule is C[C@H](O)CN1CCN(CC(=O)N(C2=CCCCC2)C2CC2)CC1. The third-order valence-corrected chi connectivity index (χ3v) is 5.10. The van der Waals surface area contributed by atoms with Crippen molar-refractivity contribution >= 4 is 5.91 Å². The van der Waals surface area contributed by atoms with Gasteiger partial charge >= 0.3 is 0 Å². The maximum atomic E-state index is 12.8. The van der Waals surface area contributed by atoms with Gasteiger partial charge in [0, 0.05) is 44.5 Å². The number of carbonyl (C=O) groups excluding carboxylic acids is 1. The van der Waals surface area contributed by atoms with E-state index in [1.165, 1.54) is 31.4 Å². The van der Waals surface area contributed by atoms with Crippen LogP contribution in [0.3, 0.4) is 0 Å². The maximum Gasteiger partial charge on any atom is 0.241 e. The number of nitrogens with zero attached hydrogens (tertiary/aromatic N) is 3. The third kappa shape index (κ3) is 4.78. The first-order chi connectivity index (χ1) is 11.1. The van der Waals surface area contributed by atoms with Crippen molar-refractivity contribution in [3.63, 3.8) is 0 Å². The van der Waals surface area contributed by atoms with Crippen LogP contribution in [0.2, 0.25) is 0 Å². The summed E-state index contributed by atoms with van der Waals surface area (Å²) in [6, 6.07) is 0.475. The van der Waals surface area contributed by atoms with Crippen LogP contribution in [-0.2, 0) is 4.79 Å².